The molecule has 6 heteroatoms. The van der Waals surface area contributed by atoms with Crippen molar-refractivity contribution in [3.8, 4) is 56.9 Å². The molecule has 0 amide bonds. The van der Waals surface area contributed by atoms with Crippen molar-refractivity contribution < 1.29 is 9.47 Å². The highest BCUT2D eigenvalue weighted by molar-refractivity contribution is 5.88. The molecule has 0 N–H and O–H groups in total. The molecule has 2 aliphatic rings. The molecule has 2 aliphatic heterocycles. The lowest BCUT2D eigenvalue weighted by Gasteiger charge is -2.32. The van der Waals surface area contributed by atoms with Gasteiger partial charge in [0.25, 0.3) is 0 Å². The van der Waals surface area contributed by atoms with Crippen LogP contribution in [0.25, 0.3) is 33.9 Å². The van der Waals surface area contributed by atoms with Crippen molar-refractivity contribution in [3.63, 3.8) is 0 Å². The number of benzene rings is 7. The summed E-state index contributed by atoms with van der Waals surface area (Å²) in [6, 6.07) is 61.9. The Kier molecular flexibility index (Phi) is 7.03. The second kappa shape index (κ2) is 12.3. The van der Waals surface area contributed by atoms with Crippen LogP contribution in [0.1, 0.15) is 0 Å². The molecular weight excluding hydrogens is 641 g/mol. The molecule has 52 heavy (non-hydrogen) atoms. The summed E-state index contributed by atoms with van der Waals surface area (Å²) in [4.78, 5) is 14.7. The number of aromatic nitrogens is 2. The van der Waals surface area contributed by atoms with Gasteiger partial charge in [-0.2, -0.15) is 0 Å². The van der Waals surface area contributed by atoms with E-state index in [9.17, 15) is 0 Å². The van der Waals surface area contributed by atoms with Crippen molar-refractivity contribution >= 4 is 34.1 Å². The fourth-order valence-corrected chi connectivity index (χ4v) is 6.99. The highest BCUT2D eigenvalue weighted by atomic mass is 16.5. The highest BCUT2D eigenvalue weighted by Gasteiger charge is 2.27. The maximum atomic E-state index is 6.24. The van der Waals surface area contributed by atoms with Crippen LogP contribution >= 0.6 is 0 Å². The lowest BCUT2D eigenvalue weighted by molar-refractivity contribution is 0.477. The number of fused-ring (bicyclic) bond motifs is 4. The first-order valence-electron chi connectivity index (χ1n) is 17.2. The summed E-state index contributed by atoms with van der Waals surface area (Å²) in [7, 11) is 0. The first-order valence-corrected chi connectivity index (χ1v) is 17.2. The molecule has 0 spiro atoms. The molecule has 0 atom stereocenters. The Bertz CT molecular complexity index is 2340. The fraction of sp³-hybridized carbons (Fsp3) is 0. The lowest BCUT2D eigenvalue weighted by Crippen LogP contribution is -2.15. The SMILES string of the molecule is c1ccc(-c2nc(-c3ccc(N4c5ccccc5Oc5ccccc54)cc3)cc(-c3ccc(N4c5ccccc5Oc5ccccc54)cc3)n2)cc1. The standard InChI is InChI=1S/C46H30N4O2/c1-2-12-33(13-3-1)46-47-36(31-22-26-34(27-23-31)49-38-14-4-8-18-42(38)51-43-19-9-5-15-39(43)49)30-37(48-46)32-24-28-35(29-25-32)50-40-16-6-10-20-44(40)52-45-21-11-7-17-41(45)50/h1-30H. The Morgan fingerprint density at radius 3 is 1.06 bits per heavy atom. The molecule has 1 aromatic heterocycles. The zero-order valence-corrected chi connectivity index (χ0v) is 27.9. The van der Waals surface area contributed by atoms with Gasteiger partial charge in [0.05, 0.1) is 34.1 Å². The van der Waals surface area contributed by atoms with Crippen molar-refractivity contribution in [2.24, 2.45) is 0 Å². The van der Waals surface area contributed by atoms with Crippen LogP contribution in [0.5, 0.6) is 23.0 Å². The van der Waals surface area contributed by atoms with E-state index in [0.29, 0.717) is 5.82 Å². The maximum absolute atomic E-state index is 6.24. The minimum Gasteiger partial charge on any atom is -0.453 e. The van der Waals surface area contributed by atoms with Crippen LogP contribution < -0.4 is 19.3 Å². The predicted octanol–water partition coefficient (Wildman–Crippen LogP) is 12.6. The number of para-hydroxylation sites is 8. The minimum atomic E-state index is 0.674. The Morgan fingerprint density at radius 1 is 0.327 bits per heavy atom. The molecule has 8 aromatic rings. The normalized spacial score (nSPS) is 12.5. The third-order valence-electron chi connectivity index (χ3n) is 9.47. The average Bonchev–Trinajstić information content (AvgIpc) is 3.22. The molecule has 0 radical (unpaired) electrons. The van der Waals surface area contributed by atoms with Gasteiger partial charge in [-0.3, -0.25) is 0 Å². The molecule has 7 aromatic carbocycles. The van der Waals surface area contributed by atoms with E-state index >= 15 is 0 Å². The molecule has 246 valence electrons. The topological polar surface area (TPSA) is 50.7 Å². The second-order valence-electron chi connectivity index (χ2n) is 12.7. The molecule has 0 unspecified atom stereocenters. The maximum Gasteiger partial charge on any atom is 0.160 e. The number of hydrogen-bond acceptors (Lipinski definition) is 6. The van der Waals surface area contributed by atoms with E-state index in [-0.39, 0.29) is 0 Å². The zero-order chi connectivity index (χ0) is 34.4. The highest BCUT2D eigenvalue weighted by Crippen LogP contribution is 2.51. The minimum absolute atomic E-state index is 0.674. The van der Waals surface area contributed by atoms with Gasteiger partial charge in [0, 0.05) is 28.1 Å². The zero-order valence-electron chi connectivity index (χ0n) is 27.9. The molecule has 0 saturated carbocycles. The Labute approximate surface area is 301 Å². The van der Waals surface area contributed by atoms with Crippen molar-refractivity contribution in [1.82, 2.24) is 9.97 Å². The first kappa shape index (κ1) is 29.7. The largest absolute Gasteiger partial charge is 0.453 e. The van der Waals surface area contributed by atoms with Gasteiger partial charge in [-0.25, -0.2) is 9.97 Å². The molecule has 3 heterocycles. The van der Waals surface area contributed by atoms with Gasteiger partial charge >= 0.3 is 0 Å². The third-order valence-corrected chi connectivity index (χ3v) is 9.47. The first-order chi connectivity index (χ1) is 25.8. The Hall–Kier alpha value is -7.18. The molecular formula is C46H30N4O2. The number of rotatable bonds is 5. The van der Waals surface area contributed by atoms with E-state index in [4.69, 9.17) is 19.4 Å². The number of ether oxygens (including phenoxy) is 2. The summed E-state index contributed by atoms with van der Waals surface area (Å²) in [6.07, 6.45) is 0. The fourth-order valence-electron chi connectivity index (χ4n) is 6.99. The Morgan fingerprint density at radius 2 is 0.673 bits per heavy atom. The number of nitrogens with zero attached hydrogens (tertiary/aromatic N) is 4. The van der Waals surface area contributed by atoms with Crippen molar-refractivity contribution in [2.45, 2.75) is 0 Å². The van der Waals surface area contributed by atoms with Gasteiger partial charge in [0.2, 0.25) is 0 Å². The van der Waals surface area contributed by atoms with Gasteiger partial charge in [0.1, 0.15) is 0 Å². The summed E-state index contributed by atoms with van der Waals surface area (Å²) in [5.41, 5.74) is 10.7. The van der Waals surface area contributed by atoms with Crippen LogP contribution in [-0.4, -0.2) is 9.97 Å². The summed E-state index contributed by atoms with van der Waals surface area (Å²) < 4.78 is 12.5. The van der Waals surface area contributed by atoms with E-state index in [2.05, 4.69) is 101 Å². The van der Waals surface area contributed by atoms with E-state index in [1.165, 1.54) is 0 Å². The van der Waals surface area contributed by atoms with Gasteiger partial charge in [-0.15, -0.1) is 0 Å². The molecule has 6 nitrogen and oxygen atoms in total. The van der Waals surface area contributed by atoms with E-state index < -0.39 is 0 Å². The smallest absolute Gasteiger partial charge is 0.160 e. The second-order valence-corrected chi connectivity index (χ2v) is 12.7. The molecule has 10 rings (SSSR count). The van der Waals surface area contributed by atoms with E-state index in [0.717, 1.165) is 85.2 Å². The van der Waals surface area contributed by atoms with Crippen molar-refractivity contribution in [2.75, 3.05) is 9.80 Å². The summed E-state index contributed by atoms with van der Waals surface area (Å²) in [5.74, 6) is 3.98. The monoisotopic (exact) mass is 670 g/mol. The summed E-state index contributed by atoms with van der Waals surface area (Å²) in [5, 5.41) is 0. The molecule has 0 bridgehead atoms. The summed E-state index contributed by atoms with van der Waals surface area (Å²) >= 11 is 0. The van der Waals surface area contributed by atoms with Crippen LogP contribution in [0.15, 0.2) is 182 Å². The van der Waals surface area contributed by atoms with Crippen LogP contribution in [-0.2, 0) is 0 Å². The molecule has 0 saturated heterocycles. The molecule has 0 aliphatic carbocycles. The molecule has 0 fully saturated rings. The van der Waals surface area contributed by atoms with E-state index in [1.807, 2.05) is 91.0 Å². The predicted molar refractivity (Wildman–Crippen MR) is 208 cm³/mol. The van der Waals surface area contributed by atoms with E-state index in [1.54, 1.807) is 0 Å². The van der Waals surface area contributed by atoms with Gasteiger partial charge in [0.15, 0.2) is 28.8 Å². The number of hydrogen-bond donors (Lipinski definition) is 0. The average molecular weight is 671 g/mol. The Balaban J connectivity index is 1.04. The number of anilines is 6. The van der Waals surface area contributed by atoms with Crippen LogP contribution in [0.4, 0.5) is 34.1 Å². The van der Waals surface area contributed by atoms with Gasteiger partial charge < -0.3 is 19.3 Å². The van der Waals surface area contributed by atoms with Crippen molar-refractivity contribution in [1.29, 1.82) is 0 Å². The van der Waals surface area contributed by atoms with Crippen LogP contribution in [0.3, 0.4) is 0 Å². The van der Waals surface area contributed by atoms with Crippen molar-refractivity contribution in [3.05, 3.63) is 182 Å². The van der Waals surface area contributed by atoms with Crippen LogP contribution in [0.2, 0.25) is 0 Å². The quantitative estimate of drug-likeness (QED) is 0.182. The third kappa shape index (κ3) is 5.13. The van der Waals surface area contributed by atoms with Gasteiger partial charge in [-0.1, -0.05) is 103 Å². The van der Waals surface area contributed by atoms with Gasteiger partial charge in [-0.05, 0) is 78.9 Å². The summed E-state index contributed by atoms with van der Waals surface area (Å²) in [6.45, 7) is 0. The van der Waals surface area contributed by atoms with Crippen LogP contribution in [0, 0.1) is 0 Å². The lowest BCUT2D eigenvalue weighted by atomic mass is 10.0.